The van der Waals surface area contributed by atoms with Crippen LogP contribution in [0.2, 0.25) is 0 Å². The molecule has 2 aromatic rings. The van der Waals surface area contributed by atoms with Gasteiger partial charge in [0.15, 0.2) is 0 Å². The first kappa shape index (κ1) is 11.5. The van der Waals surface area contributed by atoms with Crippen LogP contribution in [0.1, 0.15) is 25.3 Å². The molecule has 18 heavy (non-hydrogen) atoms. The maximum atomic E-state index is 13.8. The molecule has 2 aromatic carbocycles. The second-order valence-corrected chi connectivity index (χ2v) is 5.01. The molecule has 0 amide bonds. The predicted octanol–water partition coefficient (Wildman–Crippen LogP) is 4.33. The SMILES string of the molecule is CCC1CCc2cccc3c(F)ccc(c23)OC1. The fourth-order valence-electron chi connectivity index (χ4n) is 2.71. The Morgan fingerprint density at radius 3 is 3.00 bits per heavy atom. The molecule has 0 radical (unpaired) electrons. The smallest absolute Gasteiger partial charge is 0.131 e. The van der Waals surface area contributed by atoms with E-state index >= 15 is 0 Å². The molecule has 1 aliphatic rings. The topological polar surface area (TPSA) is 9.23 Å². The first-order valence-electron chi connectivity index (χ1n) is 6.62. The van der Waals surface area contributed by atoms with Crippen molar-refractivity contribution in [3.05, 3.63) is 41.7 Å². The molecule has 0 fully saturated rings. The summed E-state index contributed by atoms with van der Waals surface area (Å²) in [6.45, 7) is 2.94. The van der Waals surface area contributed by atoms with Crippen LogP contribution in [0.25, 0.3) is 10.8 Å². The van der Waals surface area contributed by atoms with Gasteiger partial charge in [0.1, 0.15) is 11.6 Å². The molecule has 1 heterocycles. The normalized spacial score (nSPS) is 19.1. The first-order chi connectivity index (χ1) is 8.79. The summed E-state index contributed by atoms with van der Waals surface area (Å²) in [6, 6.07) is 9.13. The van der Waals surface area contributed by atoms with E-state index in [1.807, 2.05) is 12.1 Å². The van der Waals surface area contributed by atoms with E-state index in [4.69, 9.17) is 4.74 Å². The van der Waals surface area contributed by atoms with Gasteiger partial charge >= 0.3 is 0 Å². The van der Waals surface area contributed by atoms with Gasteiger partial charge in [0.2, 0.25) is 0 Å². The number of hydrogen-bond acceptors (Lipinski definition) is 1. The van der Waals surface area contributed by atoms with Crippen LogP contribution in [0.4, 0.5) is 4.39 Å². The second-order valence-electron chi connectivity index (χ2n) is 5.01. The van der Waals surface area contributed by atoms with Crippen molar-refractivity contribution >= 4 is 10.8 Å². The lowest BCUT2D eigenvalue weighted by molar-refractivity contribution is 0.235. The summed E-state index contributed by atoms with van der Waals surface area (Å²) < 4.78 is 19.7. The van der Waals surface area contributed by atoms with Gasteiger partial charge in [-0.2, -0.15) is 0 Å². The lowest BCUT2D eigenvalue weighted by Crippen LogP contribution is -2.15. The van der Waals surface area contributed by atoms with Crippen molar-refractivity contribution in [3.63, 3.8) is 0 Å². The maximum Gasteiger partial charge on any atom is 0.131 e. The molecule has 1 nitrogen and oxygen atoms in total. The lowest BCUT2D eigenvalue weighted by Gasteiger charge is -2.22. The van der Waals surface area contributed by atoms with E-state index in [-0.39, 0.29) is 5.82 Å². The van der Waals surface area contributed by atoms with Gasteiger partial charge in [0, 0.05) is 10.8 Å². The van der Waals surface area contributed by atoms with Gasteiger partial charge in [-0.1, -0.05) is 31.5 Å². The van der Waals surface area contributed by atoms with Crippen molar-refractivity contribution < 1.29 is 9.13 Å². The molecular weight excluding hydrogens is 227 g/mol. The van der Waals surface area contributed by atoms with Crippen molar-refractivity contribution in [1.29, 1.82) is 0 Å². The second kappa shape index (κ2) is 4.60. The van der Waals surface area contributed by atoms with E-state index in [9.17, 15) is 4.39 Å². The molecule has 1 aliphatic heterocycles. The summed E-state index contributed by atoms with van der Waals surface area (Å²) in [7, 11) is 0. The summed E-state index contributed by atoms with van der Waals surface area (Å²) in [5.74, 6) is 1.27. The van der Waals surface area contributed by atoms with Gasteiger partial charge in [-0.25, -0.2) is 4.39 Å². The number of ether oxygens (including phenoxy) is 1. The Morgan fingerprint density at radius 1 is 1.28 bits per heavy atom. The van der Waals surface area contributed by atoms with Gasteiger partial charge in [-0.3, -0.25) is 0 Å². The summed E-state index contributed by atoms with van der Waals surface area (Å²) in [5.41, 5.74) is 1.21. The molecule has 0 spiro atoms. The van der Waals surface area contributed by atoms with Gasteiger partial charge in [-0.15, -0.1) is 0 Å². The van der Waals surface area contributed by atoms with Crippen LogP contribution in [0.3, 0.4) is 0 Å². The highest BCUT2D eigenvalue weighted by molar-refractivity contribution is 5.92. The lowest BCUT2D eigenvalue weighted by atomic mass is 9.93. The third-order valence-electron chi connectivity index (χ3n) is 3.91. The fraction of sp³-hybridized carbons (Fsp3) is 0.375. The zero-order chi connectivity index (χ0) is 12.5. The zero-order valence-corrected chi connectivity index (χ0v) is 10.6. The number of rotatable bonds is 1. The van der Waals surface area contributed by atoms with Crippen LogP contribution in [-0.4, -0.2) is 6.61 Å². The average Bonchev–Trinajstić information content (AvgIpc) is 2.38. The van der Waals surface area contributed by atoms with Crippen LogP contribution in [0, 0.1) is 11.7 Å². The van der Waals surface area contributed by atoms with Crippen molar-refractivity contribution in [3.8, 4) is 5.75 Å². The molecule has 0 bridgehead atoms. The van der Waals surface area contributed by atoms with Crippen LogP contribution >= 0.6 is 0 Å². The Hall–Kier alpha value is -1.57. The number of halogens is 1. The van der Waals surface area contributed by atoms with Crippen LogP contribution < -0.4 is 4.74 Å². The van der Waals surface area contributed by atoms with Crippen LogP contribution in [0.5, 0.6) is 5.75 Å². The molecule has 1 atom stereocenters. The average molecular weight is 244 g/mol. The molecule has 0 aliphatic carbocycles. The Morgan fingerprint density at radius 2 is 2.17 bits per heavy atom. The van der Waals surface area contributed by atoms with E-state index in [1.165, 1.54) is 11.6 Å². The molecule has 2 heteroatoms. The number of benzene rings is 2. The molecule has 1 unspecified atom stereocenters. The quantitative estimate of drug-likeness (QED) is 0.725. The van der Waals surface area contributed by atoms with E-state index in [1.54, 1.807) is 6.07 Å². The molecule has 0 saturated heterocycles. The summed E-state index contributed by atoms with van der Waals surface area (Å²) >= 11 is 0. The molecule has 0 aromatic heterocycles. The monoisotopic (exact) mass is 244 g/mol. The van der Waals surface area contributed by atoms with Crippen molar-refractivity contribution in [2.24, 2.45) is 5.92 Å². The number of hydrogen-bond donors (Lipinski definition) is 0. The summed E-state index contributed by atoms with van der Waals surface area (Å²) in [6.07, 6.45) is 3.26. The van der Waals surface area contributed by atoms with E-state index < -0.39 is 0 Å². The standard InChI is InChI=1S/C16H17FO/c1-2-11-6-7-12-4-3-5-13-14(17)8-9-15(16(12)13)18-10-11/h3-5,8-9,11H,2,6-7,10H2,1H3. The van der Waals surface area contributed by atoms with Gasteiger partial charge in [0.25, 0.3) is 0 Å². The molecule has 0 N–H and O–H groups in total. The third-order valence-corrected chi connectivity index (χ3v) is 3.91. The van der Waals surface area contributed by atoms with E-state index in [0.29, 0.717) is 11.3 Å². The van der Waals surface area contributed by atoms with Crippen molar-refractivity contribution in [2.45, 2.75) is 26.2 Å². The first-order valence-corrected chi connectivity index (χ1v) is 6.62. The highest BCUT2D eigenvalue weighted by Gasteiger charge is 2.17. The summed E-state index contributed by atoms with van der Waals surface area (Å²) in [4.78, 5) is 0. The Bertz CT molecular complexity index is 562. The Labute approximate surface area is 107 Å². The minimum Gasteiger partial charge on any atom is -0.493 e. The van der Waals surface area contributed by atoms with Gasteiger partial charge < -0.3 is 4.74 Å². The minimum absolute atomic E-state index is 0.160. The fourth-order valence-corrected chi connectivity index (χ4v) is 2.71. The predicted molar refractivity (Wildman–Crippen MR) is 71.5 cm³/mol. The van der Waals surface area contributed by atoms with E-state index in [2.05, 4.69) is 13.0 Å². The third kappa shape index (κ3) is 1.86. The molecule has 94 valence electrons. The Balaban J connectivity index is 2.17. The van der Waals surface area contributed by atoms with E-state index in [0.717, 1.165) is 37.0 Å². The van der Waals surface area contributed by atoms with Gasteiger partial charge in [-0.05, 0) is 36.5 Å². The van der Waals surface area contributed by atoms with Crippen LogP contribution in [-0.2, 0) is 6.42 Å². The van der Waals surface area contributed by atoms with Crippen molar-refractivity contribution in [1.82, 2.24) is 0 Å². The summed E-state index contributed by atoms with van der Waals surface area (Å²) in [5, 5.41) is 1.65. The highest BCUT2D eigenvalue weighted by Crippen LogP contribution is 2.34. The highest BCUT2D eigenvalue weighted by atomic mass is 19.1. The number of aryl methyl sites for hydroxylation is 1. The largest absolute Gasteiger partial charge is 0.493 e. The zero-order valence-electron chi connectivity index (χ0n) is 10.6. The van der Waals surface area contributed by atoms with Gasteiger partial charge in [0.05, 0.1) is 6.61 Å². The molecular formula is C16H17FO. The minimum atomic E-state index is -0.160. The maximum absolute atomic E-state index is 13.8. The van der Waals surface area contributed by atoms with Crippen LogP contribution in [0.15, 0.2) is 30.3 Å². The molecule has 3 rings (SSSR count). The molecule has 0 saturated carbocycles. The Kier molecular flexibility index (Phi) is 2.94. The van der Waals surface area contributed by atoms with Crippen molar-refractivity contribution in [2.75, 3.05) is 6.61 Å².